The fourth-order valence-corrected chi connectivity index (χ4v) is 4.54. The monoisotopic (exact) mass is 452 g/mol. The van der Waals surface area contributed by atoms with Crippen LogP contribution < -0.4 is 10.4 Å². The minimum Gasteiger partial charge on any atom is -0.538 e. The van der Waals surface area contributed by atoms with Crippen LogP contribution in [0.3, 0.4) is 0 Å². The first-order valence-corrected chi connectivity index (χ1v) is 12.2. The lowest BCUT2D eigenvalue weighted by Gasteiger charge is -2.22. The molecule has 0 N–H and O–H groups in total. The van der Waals surface area contributed by atoms with E-state index >= 15 is 0 Å². The summed E-state index contributed by atoms with van der Waals surface area (Å²) in [5.41, 5.74) is 5.18. The normalized spacial score (nSPS) is 12.4. The van der Waals surface area contributed by atoms with Crippen LogP contribution in [0.1, 0.15) is 56.4 Å². The van der Waals surface area contributed by atoms with E-state index in [4.69, 9.17) is 13.9 Å². The smallest absolute Gasteiger partial charge is 0.370 e. The van der Waals surface area contributed by atoms with Crippen molar-refractivity contribution >= 4 is 35.9 Å². The van der Waals surface area contributed by atoms with Crippen molar-refractivity contribution in [1.29, 1.82) is 0 Å². The predicted molar refractivity (Wildman–Crippen MR) is 128 cm³/mol. The lowest BCUT2D eigenvalue weighted by atomic mass is 9.90. The summed E-state index contributed by atoms with van der Waals surface area (Å²) >= 11 is 0. The lowest BCUT2D eigenvalue weighted by Crippen LogP contribution is -2.25. The highest BCUT2D eigenvalue weighted by Gasteiger charge is 2.22. The van der Waals surface area contributed by atoms with Crippen molar-refractivity contribution in [2.24, 2.45) is 5.41 Å². The number of hydrogen-bond acceptors (Lipinski definition) is 4. The lowest BCUT2D eigenvalue weighted by molar-refractivity contribution is -0.208. The summed E-state index contributed by atoms with van der Waals surface area (Å²) in [5.74, 6) is 0.137. The maximum atomic E-state index is 12.7. The molecule has 6 heteroatoms. The second kappa shape index (κ2) is 10.9. The molecule has 0 bridgehead atoms. The summed E-state index contributed by atoms with van der Waals surface area (Å²) in [4.78, 5) is 17.8. The Morgan fingerprint density at radius 3 is 1.90 bits per heavy atom. The third-order valence-corrected chi connectivity index (χ3v) is 7.22. The Hall–Kier alpha value is -2.16. The van der Waals surface area contributed by atoms with Gasteiger partial charge in [-0.2, -0.15) is 0 Å². The number of rotatable bonds is 8. The number of carbonyl (C=O) groups is 1. The molecule has 0 amide bonds. The largest absolute Gasteiger partial charge is 0.538 e. The number of benzene rings is 2. The molecule has 31 heavy (non-hydrogen) atoms. The van der Waals surface area contributed by atoms with Crippen LogP contribution in [-0.2, 0) is 18.7 Å². The van der Waals surface area contributed by atoms with Crippen LogP contribution in [-0.4, -0.2) is 25.5 Å². The van der Waals surface area contributed by atoms with E-state index in [1.165, 1.54) is 16.7 Å². The van der Waals surface area contributed by atoms with Gasteiger partial charge in [0.2, 0.25) is 0 Å². The molecular formula is C25H32O4Si2. The standard InChI is InChI=1S/C25H32O4Si2/c1-16-11-9-13-22(18(16)3)30-28-21(15-25(6,7)8)20(5)24(26)27-29-31-23-14-10-12-17(2)19(23)4/h9-14H,15H2,1-8H3. The molecule has 0 aliphatic rings. The van der Waals surface area contributed by atoms with Gasteiger partial charge < -0.3 is 9.31 Å². The van der Waals surface area contributed by atoms with Gasteiger partial charge >= 0.3 is 25.5 Å². The quantitative estimate of drug-likeness (QED) is 0.197. The number of aryl methyl sites for hydroxylation is 2. The van der Waals surface area contributed by atoms with Crippen molar-refractivity contribution in [1.82, 2.24) is 0 Å². The van der Waals surface area contributed by atoms with Gasteiger partial charge in [0.1, 0.15) is 0 Å². The average Bonchev–Trinajstić information content (AvgIpc) is 2.69. The van der Waals surface area contributed by atoms with Crippen molar-refractivity contribution in [3.8, 4) is 0 Å². The Labute approximate surface area is 191 Å². The zero-order valence-corrected chi connectivity index (χ0v) is 21.8. The molecule has 164 valence electrons. The highest BCUT2D eigenvalue weighted by atomic mass is 28.2. The Morgan fingerprint density at radius 2 is 1.39 bits per heavy atom. The first-order valence-electron chi connectivity index (χ1n) is 10.4. The molecule has 2 aromatic carbocycles. The van der Waals surface area contributed by atoms with Gasteiger partial charge in [0.15, 0.2) is 0 Å². The topological polar surface area (TPSA) is 44.8 Å². The molecule has 4 nitrogen and oxygen atoms in total. The van der Waals surface area contributed by atoms with E-state index in [1.807, 2.05) is 25.1 Å². The van der Waals surface area contributed by atoms with Crippen LogP contribution in [0, 0.1) is 33.1 Å². The fraction of sp³-hybridized carbons (Fsp3) is 0.400. The first kappa shape index (κ1) is 25.1. The molecule has 0 spiro atoms. The van der Waals surface area contributed by atoms with Crippen LogP contribution in [0.25, 0.3) is 0 Å². The molecule has 0 aromatic heterocycles. The molecule has 0 unspecified atom stereocenters. The molecule has 0 atom stereocenters. The Morgan fingerprint density at radius 1 is 0.871 bits per heavy atom. The van der Waals surface area contributed by atoms with Gasteiger partial charge in [-0.25, -0.2) is 9.37 Å². The molecule has 0 heterocycles. The van der Waals surface area contributed by atoms with Crippen molar-refractivity contribution in [2.45, 2.75) is 61.8 Å². The molecule has 0 aliphatic heterocycles. The highest BCUT2D eigenvalue weighted by molar-refractivity contribution is 6.48. The number of hydrogen-bond donors (Lipinski definition) is 0. The predicted octanol–water partition coefficient (Wildman–Crippen LogP) is 4.31. The first-order chi connectivity index (χ1) is 14.5. The minimum atomic E-state index is -0.511. The van der Waals surface area contributed by atoms with Gasteiger partial charge in [-0.05, 0) is 72.7 Å². The van der Waals surface area contributed by atoms with Crippen molar-refractivity contribution < 1.29 is 18.7 Å². The number of allylic oxidation sites excluding steroid dienone is 1. The summed E-state index contributed by atoms with van der Waals surface area (Å²) < 4.78 is 11.5. The molecule has 2 rings (SSSR count). The van der Waals surface area contributed by atoms with Crippen LogP contribution in [0.5, 0.6) is 0 Å². The van der Waals surface area contributed by atoms with E-state index in [0.29, 0.717) is 17.8 Å². The third-order valence-electron chi connectivity index (χ3n) is 5.18. The van der Waals surface area contributed by atoms with Crippen molar-refractivity contribution in [3.05, 3.63) is 70.0 Å². The molecule has 0 fully saturated rings. The molecule has 0 aliphatic carbocycles. The third kappa shape index (κ3) is 7.49. The van der Waals surface area contributed by atoms with Crippen LogP contribution >= 0.6 is 0 Å². The van der Waals surface area contributed by atoms with Gasteiger partial charge in [0.25, 0.3) is 0 Å². The highest BCUT2D eigenvalue weighted by Crippen LogP contribution is 2.27. The molecule has 0 saturated carbocycles. The Bertz CT molecular complexity index is 958. The minimum absolute atomic E-state index is 0.0374. The maximum Gasteiger partial charge on any atom is 0.370 e. The molecule has 0 saturated heterocycles. The van der Waals surface area contributed by atoms with E-state index in [1.54, 1.807) is 6.92 Å². The van der Waals surface area contributed by atoms with E-state index < -0.39 is 5.97 Å². The van der Waals surface area contributed by atoms with E-state index in [-0.39, 0.29) is 24.9 Å². The maximum absolute atomic E-state index is 12.7. The van der Waals surface area contributed by atoms with Gasteiger partial charge in [0, 0.05) is 6.42 Å². The second-order valence-electron chi connectivity index (χ2n) is 9.04. The van der Waals surface area contributed by atoms with Crippen molar-refractivity contribution in [3.63, 3.8) is 0 Å². The second-order valence-corrected chi connectivity index (χ2v) is 10.9. The molecule has 2 aromatic rings. The van der Waals surface area contributed by atoms with E-state index in [9.17, 15) is 4.79 Å². The van der Waals surface area contributed by atoms with E-state index in [2.05, 4.69) is 59.7 Å². The summed E-state index contributed by atoms with van der Waals surface area (Å²) in [6, 6.07) is 12.2. The zero-order valence-electron chi connectivity index (χ0n) is 19.8. The summed E-state index contributed by atoms with van der Waals surface area (Å²) in [5, 5.41) is 2.16. The molecular weight excluding hydrogens is 420 g/mol. The van der Waals surface area contributed by atoms with Gasteiger partial charge in [-0.1, -0.05) is 57.2 Å². The molecule has 4 radical (unpaired) electrons. The SMILES string of the molecule is CC(C(=O)OO[Si]c1cccc(C)c1C)=C(CC(C)(C)C)O[Si]c1cccc(C)c1C. The van der Waals surface area contributed by atoms with Crippen LogP contribution in [0.2, 0.25) is 0 Å². The summed E-state index contributed by atoms with van der Waals surface area (Å²) in [7, 11) is 0.0624. The van der Waals surface area contributed by atoms with Crippen LogP contribution in [0.15, 0.2) is 47.7 Å². The Balaban J connectivity index is 2.10. The van der Waals surface area contributed by atoms with Crippen LogP contribution in [0.4, 0.5) is 0 Å². The van der Waals surface area contributed by atoms with Gasteiger partial charge in [-0.3, -0.25) is 0 Å². The van der Waals surface area contributed by atoms with Crippen molar-refractivity contribution in [2.75, 3.05) is 0 Å². The zero-order chi connectivity index (χ0) is 23.2. The average molecular weight is 453 g/mol. The Kier molecular flexibility index (Phi) is 8.85. The fourth-order valence-electron chi connectivity index (χ4n) is 2.85. The summed E-state index contributed by atoms with van der Waals surface area (Å²) in [6.07, 6.45) is 0.630. The van der Waals surface area contributed by atoms with Gasteiger partial charge in [-0.15, -0.1) is 0 Å². The van der Waals surface area contributed by atoms with E-state index in [0.717, 1.165) is 15.9 Å². The van der Waals surface area contributed by atoms with Gasteiger partial charge in [0.05, 0.1) is 11.3 Å². The summed E-state index contributed by atoms with van der Waals surface area (Å²) in [6.45, 7) is 16.4. The number of carbonyl (C=O) groups excluding carboxylic acids is 1.